The van der Waals surface area contributed by atoms with E-state index in [-0.39, 0.29) is 17.7 Å². The molecule has 0 aromatic heterocycles. The Balaban J connectivity index is 2.75. The predicted octanol–water partition coefficient (Wildman–Crippen LogP) is 0.964. The number of rotatable bonds is 0. The van der Waals surface area contributed by atoms with Gasteiger partial charge >= 0.3 is 6.09 Å². The van der Waals surface area contributed by atoms with Gasteiger partial charge < -0.3 is 5.11 Å². The summed E-state index contributed by atoms with van der Waals surface area (Å²) in [7, 11) is 0. The van der Waals surface area contributed by atoms with Gasteiger partial charge in [-0.2, -0.15) is 0 Å². The fraction of sp³-hybridized carbons (Fsp3) is 0.750. The van der Waals surface area contributed by atoms with Crippen molar-refractivity contribution in [2.45, 2.75) is 26.8 Å². The molecule has 1 heterocycles. The zero-order chi connectivity index (χ0) is 9.52. The molecule has 0 aromatic rings. The van der Waals surface area contributed by atoms with E-state index in [1.54, 1.807) is 0 Å². The lowest BCUT2D eigenvalue weighted by molar-refractivity contribution is -0.139. The molecule has 0 saturated carbocycles. The van der Waals surface area contributed by atoms with E-state index in [9.17, 15) is 9.59 Å². The molecule has 0 aliphatic carbocycles. The molecule has 68 valence electrons. The third kappa shape index (κ3) is 1.29. The third-order valence-corrected chi connectivity index (χ3v) is 2.01. The minimum atomic E-state index is -1.01. The van der Waals surface area contributed by atoms with E-state index in [1.807, 2.05) is 20.8 Å². The SMILES string of the molecule is CC(C)(C)C1C(=O)CN1C(=O)O. The number of hydrogen-bond acceptors (Lipinski definition) is 2. The maximum atomic E-state index is 11.1. The first kappa shape index (κ1) is 9.03. The highest BCUT2D eigenvalue weighted by molar-refractivity contribution is 5.97. The van der Waals surface area contributed by atoms with E-state index < -0.39 is 12.1 Å². The molecule has 1 N–H and O–H groups in total. The van der Waals surface area contributed by atoms with Crippen LogP contribution >= 0.6 is 0 Å². The molecule has 0 spiro atoms. The van der Waals surface area contributed by atoms with Crippen molar-refractivity contribution in [3.63, 3.8) is 0 Å². The zero-order valence-corrected chi connectivity index (χ0v) is 7.50. The van der Waals surface area contributed by atoms with Crippen molar-refractivity contribution >= 4 is 11.9 Å². The summed E-state index contributed by atoms with van der Waals surface area (Å²) in [5, 5.41) is 8.66. The molecule has 1 fully saturated rings. The van der Waals surface area contributed by atoms with E-state index >= 15 is 0 Å². The van der Waals surface area contributed by atoms with Crippen molar-refractivity contribution in [1.82, 2.24) is 4.90 Å². The summed E-state index contributed by atoms with van der Waals surface area (Å²) in [6, 6.07) is -0.449. The van der Waals surface area contributed by atoms with Crippen LogP contribution in [-0.2, 0) is 4.79 Å². The summed E-state index contributed by atoms with van der Waals surface area (Å²) in [6.07, 6.45) is -1.01. The van der Waals surface area contributed by atoms with Crippen LogP contribution in [0.3, 0.4) is 0 Å². The van der Waals surface area contributed by atoms with Crippen LogP contribution in [-0.4, -0.2) is 34.5 Å². The monoisotopic (exact) mass is 171 g/mol. The first-order valence-corrected chi connectivity index (χ1v) is 3.86. The minimum absolute atomic E-state index is 0.0184. The van der Waals surface area contributed by atoms with Crippen LogP contribution < -0.4 is 0 Å². The lowest BCUT2D eigenvalue weighted by Gasteiger charge is -2.44. The van der Waals surface area contributed by atoms with E-state index in [0.717, 1.165) is 0 Å². The lowest BCUT2D eigenvalue weighted by atomic mass is 9.78. The van der Waals surface area contributed by atoms with Gasteiger partial charge in [-0.1, -0.05) is 20.8 Å². The second-order valence-electron chi connectivity index (χ2n) is 4.15. The molecule has 1 amide bonds. The maximum Gasteiger partial charge on any atom is 0.408 e. The Labute approximate surface area is 71.2 Å². The molecule has 1 saturated heterocycles. The molecular weight excluding hydrogens is 158 g/mol. The largest absolute Gasteiger partial charge is 0.465 e. The van der Waals surface area contributed by atoms with E-state index in [2.05, 4.69) is 0 Å². The van der Waals surface area contributed by atoms with E-state index in [1.165, 1.54) is 4.90 Å². The first-order chi connectivity index (χ1) is 5.34. The van der Waals surface area contributed by atoms with Gasteiger partial charge in [-0.05, 0) is 5.41 Å². The standard InChI is InChI=1S/C8H13NO3/c1-8(2,3)6-5(10)4-9(6)7(11)12/h6H,4H2,1-3H3,(H,11,12). The number of likely N-dealkylation sites (tertiary alicyclic amines) is 1. The normalized spacial score (nSPS) is 23.8. The number of carbonyl (C=O) groups is 2. The van der Waals surface area contributed by atoms with Gasteiger partial charge in [0.25, 0.3) is 0 Å². The Morgan fingerprint density at radius 2 is 2.08 bits per heavy atom. The predicted molar refractivity (Wildman–Crippen MR) is 43.0 cm³/mol. The summed E-state index contributed by atoms with van der Waals surface area (Å²) in [5.74, 6) is 0.0184. The Morgan fingerprint density at radius 1 is 1.58 bits per heavy atom. The van der Waals surface area contributed by atoms with Crippen LogP contribution in [0.4, 0.5) is 4.79 Å². The Hall–Kier alpha value is -1.06. The minimum Gasteiger partial charge on any atom is -0.465 e. The topological polar surface area (TPSA) is 57.6 Å². The van der Waals surface area contributed by atoms with Gasteiger partial charge in [-0.3, -0.25) is 9.69 Å². The average molecular weight is 171 g/mol. The fourth-order valence-corrected chi connectivity index (χ4v) is 1.54. The highest BCUT2D eigenvalue weighted by Gasteiger charge is 2.47. The second kappa shape index (κ2) is 2.47. The van der Waals surface area contributed by atoms with Crippen LogP contribution in [0.25, 0.3) is 0 Å². The molecule has 1 rings (SSSR count). The van der Waals surface area contributed by atoms with Gasteiger partial charge in [-0.25, -0.2) is 4.79 Å². The van der Waals surface area contributed by atoms with Crippen molar-refractivity contribution in [3.8, 4) is 0 Å². The number of nitrogens with zero attached hydrogens (tertiary/aromatic N) is 1. The molecule has 0 bridgehead atoms. The van der Waals surface area contributed by atoms with Gasteiger partial charge in [0.2, 0.25) is 0 Å². The van der Waals surface area contributed by atoms with Gasteiger partial charge in [0.05, 0.1) is 6.54 Å². The van der Waals surface area contributed by atoms with Gasteiger partial charge in [0.1, 0.15) is 6.04 Å². The highest BCUT2D eigenvalue weighted by atomic mass is 16.4. The molecule has 12 heavy (non-hydrogen) atoms. The number of Topliss-reactive ketones (excluding diaryl/α,β-unsaturated/α-hetero) is 1. The van der Waals surface area contributed by atoms with Gasteiger partial charge in [-0.15, -0.1) is 0 Å². The zero-order valence-electron chi connectivity index (χ0n) is 7.50. The van der Waals surface area contributed by atoms with Crippen LogP contribution in [0.1, 0.15) is 20.8 Å². The second-order valence-corrected chi connectivity index (χ2v) is 4.15. The van der Waals surface area contributed by atoms with Crippen LogP contribution in [0, 0.1) is 5.41 Å². The van der Waals surface area contributed by atoms with Crippen molar-refractivity contribution in [3.05, 3.63) is 0 Å². The van der Waals surface area contributed by atoms with Gasteiger partial charge in [0, 0.05) is 0 Å². The molecule has 4 heteroatoms. The molecule has 1 aliphatic rings. The van der Waals surface area contributed by atoms with Crippen LogP contribution in [0.2, 0.25) is 0 Å². The molecule has 0 aromatic carbocycles. The number of ketones is 1. The quantitative estimate of drug-likeness (QED) is 0.590. The van der Waals surface area contributed by atoms with Crippen molar-refractivity contribution in [1.29, 1.82) is 0 Å². The molecule has 1 aliphatic heterocycles. The number of carboxylic acid groups (broad SMARTS) is 1. The molecular formula is C8H13NO3. The van der Waals surface area contributed by atoms with Crippen LogP contribution in [0.15, 0.2) is 0 Å². The van der Waals surface area contributed by atoms with Crippen molar-refractivity contribution in [2.24, 2.45) is 5.41 Å². The van der Waals surface area contributed by atoms with Gasteiger partial charge in [0.15, 0.2) is 5.78 Å². The van der Waals surface area contributed by atoms with Crippen molar-refractivity contribution < 1.29 is 14.7 Å². The summed E-state index contributed by atoms with van der Waals surface area (Å²) in [4.78, 5) is 22.8. The third-order valence-electron chi connectivity index (χ3n) is 2.01. The molecule has 0 radical (unpaired) electrons. The molecule has 1 atom stereocenters. The Bertz CT molecular complexity index is 229. The molecule has 4 nitrogen and oxygen atoms in total. The smallest absolute Gasteiger partial charge is 0.408 e. The molecule has 1 unspecified atom stereocenters. The number of amides is 1. The number of hydrogen-bond donors (Lipinski definition) is 1. The Morgan fingerprint density at radius 3 is 2.25 bits per heavy atom. The summed E-state index contributed by atoms with van der Waals surface area (Å²) in [5.41, 5.74) is -0.284. The van der Waals surface area contributed by atoms with Crippen molar-refractivity contribution in [2.75, 3.05) is 6.54 Å². The van der Waals surface area contributed by atoms with Crippen LogP contribution in [0.5, 0.6) is 0 Å². The fourth-order valence-electron chi connectivity index (χ4n) is 1.54. The first-order valence-electron chi connectivity index (χ1n) is 3.86. The average Bonchev–Trinajstić information content (AvgIpc) is 1.77. The highest BCUT2D eigenvalue weighted by Crippen LogP contribution is 2.30. The summed E-state index contributed by atoms with van der Waals surface area (Å²) < 4.78 is 0. The summed E-state index contributed by atoms with van der Waals surface area (Å²) in [6.45, 7) is 5.65. The van der Waals surface area contributed by atoms with E-state index in [4.69, 9.17) is 5.11 Å². The van der Waals surface area contributed by atoms with E-state index in [0.29, 0.717) is 0 Å². The Kier molecular flexibility index (Phi) is 1.86. The number of carbonyl (C=O) groups excluding carboxylic acids is 1. The lowest BCUT2D eigenvalue weighted by Crippen LogP contribution is -2.64. The summed E-state index contributed by atoms with van der Waals surface area (Å²) >= 11 is 0. The maximum absolute atomic E-state index is 11.1.